The van der Waals surface area contributed by atoms with Crippen LogP contribution in [0.3, 0.4) is 0 Å². The van der Waals surface area contributed by atoms with Gasteiger partial charge in [0.1, 0.15) is 0 Å². The summed E-state index contributed by atoms with van der Waals surface area (Å²) in [5.41, 5.74) is -10.9. The third kappa shape index (κ3) is 6.40. The lowest BCUT2D eigenvalue weighted by molar-refractivity contribution is -0.474. The molecule has 0 unspecified atom stereocenters. The SMILES string of the molecule is CC(=O)OCNC(=O)c1c(N=C=O)c(C)cc(N=C=O)c1C(F)(F)C(F)(F)C(F)(F)C(F)(F)C(F)(F)C(F)(F)C(F)(F)C(F)(F)C(F)(F)C(F)(F)F. The van der Waals surface area contributed by atoms with Crippen molar-refractivity contribution in [3.63, 3.8) is 0 Å². The van der Waals surface area contributed by atoms with Crippen molar-refractivity contribution in [3.05, 3.63) is 22.8 Å². The number of nitrogens with zero attached hydrogens (tertiary/aromatic N) is 2. The first-order valence-corrected chi connectivity index (χ1v) is 12.1. The average Bonchev–Trinajstić information content (AvgIpc) is 2.96. The van der Waals surface area contributed by atoms with Gasteiger partial charge in [0.15, 0.2) is 6.73 Å². The summed E-state index contributed by atoms with van der Waals surface area (Å²) in [7, 11) is 0. The molecule has 0 aromatic heterocycles. The van der Waals surface area contributed by atoms with E-state index >= 15 is 8.78 Å². The number of benzene rings is 1. The van der Waals surface area contributed by atoms with Gasteiger partial charge in [-0.1, -0.05) is 0 Å². The first-order valence-electron chi connectivity index (χ1n) is 12.1. The Morgan fingerprint density at radius 1 is 0.635 bits per heavy atom. The van der Waals surface area contributed by atoms with Gasteiger partial charge in [-0.25, -0.2) is 9.59 Å². The lowest BCUT2D eigenvalue weighted by Crippen LogP contribution is -2.76. The van der Waals surface area contributed by atoms with E-state index in [4.69, 9.17) is 0 Å². The Labute approximate surface area is 270 Å². The molecular formula is C23H10F21N3O5. The van der Waals surface area contributed by atoms with Crippen LogP contribution in [0.25, 0.3) is 0 Å². The Morgan fingerprint density at radius 2 is 1.00 bits per heavy atom. The van der Waals surface area contributed by atoms with Crippen molar-refractivity contribution < 1.29 is 116 Å². The van der Waals surface area contributed by atoms with E-state index in [0.29, 0.717) is 19.9 Å². The van der Waals surface area contributed by atoms with Gasteiger partial charge in [0.25, 0.3) is 5.91 Å². The number of halogens is 21. The van der Waals surface area contributed by atoms with Crippen LogP contribution >= 0.6 is 0 Å². The summed E-state index contributed by atoms with van der Waals surface area (Å²) in [6.07, 6.45) is -7.42. The number of carbonyl (C=O) groups is 2. The fourth-order valence-electron chi connectivity index (χ4n) is 3.66. The normalized spacial score (nSPS) is 14.3. The Hall–Kier alpha value is -4.55. The molecule has 0 radical (unpaired) electrons. The minimum atomic E-state index is -9.45. The molecule has 0 fully saturated rings. The molecule has 0 saturated carbocycles. The molecule has 1 aromatic carbocycles. The van der Waals surface area contributed by atoms with E-state index in [1.165, 1.54) is 5.32 Å². The monoisotopic (exact) mass is 807 g/mol. The van der Waals surface area contributed by atoms with Gasteiger partial charge in [0.05, 0.1) is 22.5 Å². The molecule has 0 aliphatic carbocycles. The number of rotatable bonds is 14. The minimum absolute atomic E-state index is 0.203. The molecule has 52 heavy (non-hydrogen) atoms. The molecule has 0 spiro atoms. The summed E-state index contributed by atoms with van der Waals surface area (Å²) in [5, 5.41) is 1.22. The van der Waals surface area contributed by atoms with E-state index in [0.717, 1.165) is 0 Å². The number of esters is 1. The number of hydrogen-bond acceptors (Lipinski definition) is 7. The molecule has 0 aliphatic rings. The first-order chi connectivity index (χ1) is 22.9. The molecule has 294 valence electrons. The molecule has 1 rings (SSSR count). The second-order valence-corrected chi connectivity index (χ2v) is 9.67. The van der Waals surface area contributed by atoms with Crippen LogP contribution in [-0.4, -0.2) is 84.3 Å². The molecule has 0 bridgehead atoms. The summed E-state index contributed by atoms with van der Waals surface area (Å²) in [6, 6.07) is -0.203. The maximum Gasteiger partial charge on any atom is 0.460 e. The molecule has 8 nitrogen and oxygen atoms in total. The second-order valence-electron chi connectivity index (χ2n) is 9.67. The van der Waals surface area contributed by atoms with E-state index in [9.17, 15) is 103 Å². The molecular weight excluding hydrogens is 797 g/mol. The zero-order chi connectivity index (χ0) is 41.7. The van der Waals surface area contributed by atoms with Crippen LogP contribution in [0.4, 0.5) is 104 Å². The Bertz CT molecular complexity index is 1680. The van der Waals surface area contributed by atoms with Gasteiger partial charge < -0.3 is 10.1 Å². The third-order valence-electron chi connectivity index (χ3n) is 6.35. The fourth-order valence-corrected chi connectivity index (χ4v) is 3.66. The van der Waals surface area contributed by atoms with Gasteiger partial charge in [-0.3, -0.25) is 9.59 Å². The molecule has 29 heteroatoms. The molecule has 0 aliphatic heterocycles. The number of aryl methyl sites for hydroxylation is 1. The number of ether oxygens (including phenoxy) is 1. The predicted octanol–water partition coefficient (Wildman–Crippen LogP) is 7.92. The van der Waals surface area contributed by atoms with Crippen LogP contribution in [0.2, 0.25) is 0 Å². The molecule has 0 saturated heterocycles. The average molecular weight is 807 g/mol. The largest absolute Gasteiger partial charge is 0.460 e. The van der Waals surface area contributed by atoms with Crippen LogP contribution in [-0.2, 0) is 25.0 Å². The topological polar surface area (TPSA) is 114 Å². The lowest BCUT2D eigenvalue weighted by atomic mass is 9.83. The summed E-state index contributed by atoms with van der Waals surface area (Å²) in [4.78, 5) is 50.0. The van der Waals surface area contributed by atoms with Crippen molar-refractivity contribution in [2.45, 2.75) is 73.3 Å². The molecule has 1 aromatic rings. The number of carbonyl (C=O) groups excluding carboxylic acids is 4. The summed E-state index contributed by atoms with van der Waals surface area (Å²) < 4.78 is 297. The van der Waals surface area contributed by atoms with E-state index in [1.807, 2.05) is 0 Å². The Kier molecular flexibility index (Phi) is 11.8. The number of nitrogens with one attached hydrogen (secondary N) is 1. The zero-order valence-electron chi connectivity index (χ0n) is 24.2. The summed E-state index contributed by atoms with van der Waals surface area (Å²) >= 11 is 0. The van der Waals surface area contributed by atoms with Crippen molar-refractivity contribution in [2.75, 3.05) is 6.73 Å². The van der Waals surface area contributed by atoms with E-state index in [-0.39, 0.29) is 12.1 Å². The predicted molar refractivity (Wildman–Crippen MR) is 120 cm³/mol. The highest BCUT2D eigenvalue weighted by Crippen LogP contribution is 2.67. The van der Waals surface area contributed by atoms with Crippen molar-refractivity contribution in [3.8, 4) is 0 Å². The number of amides is 1. The lowest BCUT2D eigenvalue weighted by Gasteiger charge is -2.44. The van der Waals surface area contributed by atoms with Crippen LogP contribution in [0.1, 0.15) is 28.4 Å². The second kappa shape index (κ2) is 13.5. The maximum absolute atomic E-state index is 15.5. The van der Waals surface area contributed by atoms with Crippen LogP contribution < -0.4 is 5.32 Å². The highest BCUT2D eigenvalue weighted by molar-refractivity contribution is 6.03. The van der Waals surface area contributed by atoms with Gasteiger partial charge in [0, 0.05) is 6.92 Å². The maximum atomic E-state index is 15.5. The van der Waals surface area contributed by atoms with Gasteiger partial charge >= 0.3 is 65.4 Å². The number of aliphatic imine (C=N–C) groups is 2. The highest BCUT2D eigenvalue weighted by atomic mass is 19.4. The van der Waals surface area contributed by atoms with Crippen molar-refractivity contribution in [1.82, 2.24) is 5.32 Å². The van der Waals surface area contributed by atoms with Crippen molar-refractivity contribution >= 4 is 35.4 Å². The van der Waals surface area contributed by atoms with Crippen LogP contribution in [0.5, 0.6) is 0 Å². The summed E-state index contributed by atoms with van der Waals surface area (Å²) in [6.45, 7) is -0.396. The smallest absolute Gasteiger partial charge is 0.445 e. The summed E-state index contributed by atoms with van der Waals surface area (Å²) in [5.74, 6) is -84.4. The zero-order valence-corrected chi connectivity index (χ0v) is 24.2. The number of alkyl halides is 21. The Morgan fingerprint density at radius 3 is 1.35 bits per heavy atom. The van der Waals surface area contributed by atoms with E-state index in [1.54, 1.807) is 0 Å². The van der Waals surface area contributed by atoms with Gasteiger partial charge in [0.2, 0.25) is 12.2 Å². The van der Waals surface area contributed by atoms with Gasteiger partial charge in [-0.15, -0.1) is 0 Å². The van der Waals surface area contributed by atoms with Crippen molar-refractivity contribution in [1.29, 1.82) is 0 Å². The minimum Gasteiger partial charge on any atom is -0.445 e. The first kappa shape index (κ1) is 45.5. The standard InChI is InChI=1S/C23H10F21N3O5/c1-7-3-9(45-4-48)11(10(12(7)46-5-49)13(51)47-6-52-8(2)50)14(24,25)15(26,27)16(28,29)17(30,31)18(32,33)19(34,35)20(36,37)21(38,39)22(40,41)23(42,43)44/h3H,6H2,1-2H3,(H,47,51). The fraction of sp³-hybridized carbons (Fsp3) is 0.565. The van der Waals surface area contributed by atoms with E-state index in [2.05, 4.69) is 14.7 Å². The van der Waals surface area contributed by atoms with Gasteiger partial charge in [-0.05, 0) is 18.6 Å². The van der Waals surface area contributed by atoms with Crippen molar-refractivity contribution in [2.24, 2.45) is 9.98 Å². The number of hydrogen-bond donors (Lipinski definition) is 1. The van der Waals surface area contributed by atoms with Gasteiger partial charge in [-0.2, -0.15) is 102 Å². The quantitative estimate of drug-likeness (QED) is 0.0675. The van der Waals surface area contributed by atoms with Crippen LogP contribution in [0.15, 0.2) is 16.1 Å². The van der Waals surface area contributed by atoms with Crippen LogP contribution in [0, 0.1) is 6.92 Å². The van der Waals surface area contributed by atoms with E-state index < -0.39 is 106 Å². The molecule has 0 atom stereocenters. The molecule has 0 heterocycles. The highest BCUT2D eigenvalue weighted by Gasteiger charge is 2.98. The Balaban J connectivity index is 4.30. The molecule has 1 N–H and O–H groups in total. The number of isocyanates is 2. The third-order valence-corrected chi connectivity index (χ3v) is 6.35. The molecule has 1 amide bonds.